The molecule has 304 valence electrons. The molecule has 0 saturated carbocycles. The van der Waals surface area contributed by atoms with Crippen LogP contribution in [0.25, 0.3) is 0 Å². The van der Waals surface area contributed by atoms with Crippen molar-refractivity contribution in [2.75, 3.05) is 13.2 Å². The molecular weight excluding hydrogens is 771 g/mol. The second-order valence-corrected chi connectivity index (χ2v) is 25.4. The molecule has 1 aromatic heterocycles. The molecule has 52 heavy (non-hydrogen) atoms. The lowest BCUT2D eigenvalue weighted by Crippen LogP contribution is -2.70. The Hall–Kier alpha value is -1.92. The van der Waals surface area contributed by atoms with Crippen LogP contribution in [0.2, 0.25) is 36.3 Å². The van der Waals surface area contributed by atoms with Crippen molar-refractivity contribution in [2.24, 2.45) is 0 Å². The maximum absolute atomic E-state index is 14.2. The van der Waals surface area contributed by atoms with Gasteiger partial charge in [-0.2, -0.15) is 62.1 Å². The topological polar surface area (TPSA) is 71.8 Å². The fourth-order valence-corrected chi connectivity index (χ4v) is 6.72. The van der Waals surface area contributed by atoms with Crippen LogP contribution < -0.4 is 10.4 Å². The summed E-state index contributed by atoms with van der Waals surface area (Å²) in [6.45, 7) is 19.9. The van der Waals surface area contributed by atoms with Crippen molar-refractivity contribution in [3.05, 3.63) is 22.2 Å². The standard InChI is InChI=1S/C30H45F13N2O5Si2/c1-17-15-45(20-14-18(50-52(10,11)24(5,6)7)19(49-20)16-48-51(8,9)23(2,3)4)22(46)44-21(17)47-13-12-25(31,32)26(33,34)27(35,36)28(37,38)29(39,40)30(41,42)43/h15,18-20H,12-14,16H2,1-11H3. The number of hydrogen-bond donors (Lipinski definition) is 0. The largest absolute Gasteiger partial charge is 0.477 e. The van der Waals surface area contributed by atoms with E-state index in [4.69, 9.17) is 18.3 Å². The third-order valence-electron chi connectivity index (χ3n) is 9.90. The summed E-state index contributed by atoms with van der Waals surface area (Å²) in [4.78, 5) is 16.6. The number of aromatic nitrogens is 2. The van der Waals surface area contributed by atoms with Crippen molar-refractivity contribution in [2.45, 2.75) is 152 Å². The lowest BCUT2D eigenvalue weighted by molar-refractivity contribution is -0.440. The Morgan fingerprint density at radius 1 is 0.788 bits per heavy atom. The van der Waals surface area contributed by atoms with Gasteiger partial charge in [-0.15, -0.1) is 0 Å². The molecule has 1 aromatic rings. The third kappa shape index (κ3) is 8.64. The first-order chi connectivity index (χ1) is 22.8. The summed E-state index contributed by atoms with van der Waals surface area (Å²) in [6, 6.07) is 0. The van der Waals surface area contributed by atoms with E-state index in [1.807, 2.05) is 67.7 Å². The van der Waals surface area contributed by atoms with Gasteiger partial charge in [-0.25, -0.2) is 4.79 Å². The molecule has 22 heteroatoms. The highest BCUT2D eigenvalue weighted by Crippen LogP contribution is 2.60. The van der Waals surface area contributed by atoms with E-state index < -0.39 is 95.5 Å². The number of alkyl halides is 13. The van der Waals surface area contributed by atoms with E-state index in [0.29, 0.717) is 0 Å². The van der Waals surface area contributed by atoms with Crippen LogP contribution in [0.3, 0.4) is 0 Å². The molecule has 1 saturated heterocycles. The second kappa shape index (κ2) is 14.3. The van der Waals surface area contributed by atoms with Gasteiger partial charge < -0.3 is 18.3 Å². The molecule has 1 aliphatic heterocycles. The molecule has 1 fully saturated rings. The average Bonchev–Trinajstić information content (AvgIpc) is 3.32. The Kier molecular flexibility index (Phi) is 12.7. The average molecular weight is 817 g/mol. The Labute approximate surface area is 294 Å². The van der Waals surface area contributed by atoms with E-state index in [1.165, 1.54) is 6.92 Å². The van der Waals surface area contributed by atoms with Gasteiger partial charge in [0.25, 0.3) is 0 Å². The summed E-state index contributed by atoms with van der Waals surface area (Å²) >= 11 is 0. The first-order valence-electron chi connectivity index (χ1n) is 15.9. The van der Waals surface area contributed by atoms with Gasteiger partial charge in [0.1, 0.15) is 12.3 Å². The van der Waals surface area contributed by atoms with Gasteiger partial charge in [-0.05, 0) is 43.2 Å². The molecular formula is C30H45F13N2O5Si2. The van der Waals surface area contributed by atoms with Crippen LogP contribution >= 0.6 is 0 Å². The third-order valence-corrected chi connectivity index (χ3v) is 18.9. The van der Waals surface area contributed by atoms with Crippen LogP contribution in [-0.4, -0.2) is 87.4 Å². The Morgan fingerprint density at radius 2 is 1.27 bits per heavy atom. The molecule has 1 aliphatic rings. The van der Waals surface area contributed by atoms with E-state index in [1.54, 1.807) is 0 Å². The van der Waals surface area contributed by atoms with Gasteiger partial charge in [-0.3, -0.25) is 4.57 Å². The minimum atomic E-state index is -8.00. The molecule has 2 heterocycles. The van der Waals surface area contributed by atoms with Gasteiger partial charge >= 0.3 is 41.5 Å². The normalized spacial score (nSPS) is 20.8. The quantitative estimate of drug-likeness (QED) is 0.138. The SMILES string of the molecule is Cc1cn(C2CC(O[Si](C)(C)C(C)(C)C)C(CO[Si](C)(C)C(C)(C)C)O2)c(=O)nc1OCCC(F)(F)C(F)(F)C(F)(F)C(F)(F)C(F)(F)C(F)(F)F. The molecule has 3 unspecified atom stereocenters. The molecule has 7 nitrogen and oxygen atoms in total. The van der Waals surface area contributed by atoms with Crippen molar-refractivity contribution < 1.29 is 75.4 Å². The van der Waals surface area contributed by atoms with Crippen LogP contribution in [0.4, 0.5) is 57.1 Å². The van der Waals surface area contributed by atoms with E-state index >= 15 is 0 Å². The summed E-state index contributed by atoms with van der Waals surface area (Å²) in [5.74, 6) is -38.3. The van der Waals surface area contributed by atoms with Gasteiger partial charge in [0.05, 0.1) is 25.7 Å². The van der Waals surface area contributed by atoms with E-state index in [0.717, 1.165) is 10.8 Å². The maximum Gasteiger partial charge on any atom is 0.460 e. The number of halogens is 13. The van der Waals surface area contributed by atoms with Gasteiger partial charge in [0.2, 0.25) is 5.88 Å². The lowest BCUT2D eigenvalue weighted by Gasteiger charge is -2.40. The molecule has 0 N–H and O–H groups in total. The highest BCUT2D eigenvalue weighted by atomic mass is 28.4. The van der Waals surface area contributed by atoms with Crippen molar-refractivity contribution >= 4 is 16.6 Å². The van der Waals surface area contributed by atoms with Crippen molar-refractivity contribution in [3.8, 4) is 5.88 Å². The molecule has 0 aliphatic carbocycles. The predicted octanol–water partition coefficient (Wildman–Crippen LogP) is 9.76. The number of aryl methyl sites for hydroxylation is 1. The highest BCUT2D eigenvalue weighted by Gasteiger charge is 2.90. The summed E-state index contributed by atoms with van der Waals surface area (Å²) in [6.07, 6.45) is -11.1. The Morgan fingerprint density at radius 3 is 1.73 bits per heavy atom. The van der Waals surface area contributed by atoms with Crippen molar-refractivity contribution in [3.63, 3.8) is 0 Å². The Bertz CT molecular complexity index is 1470. The van der Waals surface area contributed by atoms with Crippen molar-refractivity contribution in [1.82, 2.24) is 9.55 Å². The molecule has 0 aromatic carbocycles. The first kappa shape index (κ1) is 46.2. The molecule has 2 rings (SSSR count). The zero-order valence-electron chi connectivity index (χ0n) is 30.5. The number of nitrogens with zero attached hydrogens (tertiary/aromatic N) is 2. The van der Waals surface area contributed by atoms with Crippen LogP contribution in [0.5, 0.6) is 5.88 Å². The summed E-state index contributed by atoms with van der Waals surface area (Å²) in [5.41, 5.74) is -1.22. The first-order valence-corrected chi connectivity index (χ1v) is 21.8. The summed E-state index contributed by atoms with van der Waals surface area (Å²) in [7, 11) is -4.69. The van der Waals surface area contributed by atoms with Crippen LogP contribution in [0.15, 0.2) is 11.0 Å². The molecule has 3 atom stereocenters. The minimum absolute atomic E-state index is 0.109. The smallest absolute Gasteiger partial charge is 0.460 e. The Balaban J connectivity index is 2.32. The summed E-state index contributed by atoms with van der Waals surface area (Å²) < 4.78 is 200. The van der Waals surface area contributed by atoms with E-state index in [-0.39, 0.29) is 28.7 Å². The van der Waals surface area contributed by atoms with Crippen LogP contribution in [0, 0.1) is 6.92 Å². The number of ether oxygens (including phenoxy) is 2. The summed E-state index contributed by atoms with van der Waals surface area (Å²) in [5, 5.41) is -0.363. The lowest BCUT2D eigenvalue weighted by atomic mass is 9.93. The fraction of sp³-hybridized carbons (Fsp3) is 0.867. The molecule has 0 spiro atoms. The molecule has 0 radical (unpaired) electrons. The number of hydrogen-bond acceptors (Lipinski definition) is 6. The van der Waals surface area contributed by atoms with Crippen molar-refractivity contribution in [1.29, 1.82) is 0 Å². The number of rotatable bonds is 14. The zero-order valence-corrected chi connectivity index (χ0v) is 32.5. The van der Waals surface area contributed by atoms with Gasteiger partial charge in [-0.1, -0.05) is 41.5 Å². The van der Waals surface area contributed by atoms with Gasteiger partial charge in [0.15, 0.2) is 16.6 Å². The van der Waals surface area contributed by atoms with E-state index in [2.05, 4.69) is 4.98 Å². The molecule has 0 bridgehead atoms. The van der Waals surface area contributed by atoms with E-state index in [9.17, 15) is 61.9 Å². The predicted molar refractivity (Wildman–Crippen MR) is 168 cm³/mol. The van der Waals surface area contributed by atoms with Gasteiger partial charge in [0, 0.05) is 18.2 Å². The minimum Gasteiger partial charge on any atom is -0.477 e. The fourth-order valence-electron chi connectivity index (χ4n) is 4.35. The molecule has 0 amide bonds. The second-order valence-electron chi connectivity index (χ2n) is 15.9. The zero-order chi connectivity index (χ0) is 41.1. The monoisotopic (exact) mass is 816 g/mol. The van der Waals surface area contributed by atoms with Crippen LogP contribution in [-0.2, 0) is 13.6 Å². The maximum atomic E-state index is 14.2. The van der Waals surface area contributed by atoms with Crippen LogP contribution in [0.1, 0.15) is 66.2 Å². The highest BCUT2D eigenvalue weighted by molar-refractivity contribution is 6.74.